The fourth-order valence-electron chi connectivity index (χ4n) is 1.63. The van der Waals surface area contributed by atoms with Gasteiger partial charge in [-0.25, -0.2) is 0 Å². The van der Waals surface area contributed by atoms with Crippen molar-refractivity contribution in [3.63, 3.8) is 0 Å². The highest BCUT2D eigenvalue weighted by atomic mass is 16.2. The average molecular weight is 232 g/mol. The van der Waals surface area contributed by atoms with Gasteiger partial charge in [-0.05, 0) is 38.8 Å². The highest BCUT2D eigenvalue weighted by Gasteiger charge is 2.21. The smallest absolute Gasteiger partial charge is 0.237 e. The molecule has 0 aliphatic carbocycles. The minimum atomic E-state index is -0.00853. The Labute approximate surface area is 103 Å². The molecule has 1 aliphatic heterocycles. The first-order chi connectivity index (χ1) is 8.13. The maximum absolute atomic E-state index is 11.7. The summed E-state index contributed by atoms with van der Waals surface area (Å²) in [6.07, 6.45) is 11.1. The highest BCUT2D eigenvalue weighted by molar-refractivity contribution is 5.82. The summed E-state index contributed by atoms with van der Waals surface area (Å²) in [4.78, 5) is 11.7. The molecule has 0 saturated carbocycles. The number of allylic oxidation sites excluding steroid dienone is 3. The van der Waals surface area contributed by atoms with E-state index in [-0.39, 0.29) is 11.9 Å². The Bertz CT molecular complexity index is 368. The van der Waals surface area contributed by atoms with Crippen molar-refractivity contribution in [3.05, 3.63) is 23.3 Å². The van der Waals surface area contributed by atoms with Crippen molar-refractivity contribution in [3.8, 4) is 12.3 Å². The van der Waals surface area contributed by atoms with Crippen LogP contribution in [0.4, 0.5) is 0 Å². The lowest BCUT2D eigenvalue weighted by atomic mass is 10.2. The summed E-state index contributed by atoms with van der Waals surface area (Å²) in [7, 11) is 0. The van der Waals surface area contributed by atoms with Gasteiger partial charge in [-0.15, -0.1) is 6.42 Å². The summed E-state index contributed by atoms with van der Waals surface area (Å²) in [5.41, 5.74) is 1.97. The van der Waals surface area contributed by atoms with Gasteiger partial charge in [-0.3, -0.25) is 4.79 Å². The number of terminal acetylenes is 1. The average Bonchev–Trinajstić information content (AvgIpc) is 2.86. The molecule has 3 nitrogen and oxygen atoms in total. The van der Waals surface area contributed by atoms with Gasteiger partial charge in [0.25, 0.3) is 0 Å². The second-order valence-corrected chi connectivity index (χ2v) is 4.37. The third kappa shape index (κ3) is 4.88. The number of hydrogen-bond acceptors (Lipinski definition) is 2. The Balaban J connectivity index is 2.35. The van der Waals surface area contributed by atoms with Gasteiger partial charge in [-0.2, -0.15) is 0 Å². The molecule has 1 rings (SSSR count). The Kier molecular flexibility index (Phi) is 5.51. The molecule has 0 aromatic heterocycles. The lowest BCUT2D eigenvalue weighted by Gasteiger charge is -2.10. The van der Waals surface area contributed by atoms with E-state index >= 15 is 0 Å². The van der Waals surface area contributed by atoms with E-state index in [2.05, 4.69) is 16.6 Å². The number of nitrogens with one attached hydrogen (secondary N) is 2. The summed E-state index contributed by atoms with van der Waals surface area (Å²) >= 11 is 0. The van der Waals surface area contributed by atoms with Gasteiger partial charge in [0.2, 0.25) is 5.91 Å². The van der Waals surface area contributed by atoms with Crippen LogP contribution in [0.5, 0.6) is 0 Å². The minimum Gasteiger partial charge on any atom is -0.351 e. The van der Waals surface area contributed by atoms with Gasteiger partial charge in [0, 0.05) is 6.54 Å². The zero-order valence-electron chi connectivity index (χ0n) is 10.5. The molecule has 0 aromatic rings. The molecule has 1 saturated heterocycles. The molecule has 0 radical (unpaired) electrons. The first-order valence-electron chi connectivity index (χ1n) is 5.95. The van der Waals surface area contributed by atoms with Crippen LogP contribution in [0.3, 0.4) is 0 Å². The molecule has 1 atom stereocenters. The largest absolute Gasteiger partial charge is 0.351 e. The molecule has 17 heavy (non-hydrogen) atoms. The molecule has 1 aliphatic rings. The third-order valence-electron chi connectivity index (χ3n) is 2.76. The summed E-state index contributed by atoms with van der Waals surface area (Å²) < 4.78 is 0. The molecular weight excluding hydrogens is 212 g/mol. The number of rotatable bonds is 4. The monoisotopic (exact) mass is 232 g/mol. The molecule has 3 heteroatoms. The normalized spacial score (nSPS) is 21.1. The molecule has 0 bridgehead atoms. The van der Waals surface area contributed by atoms with Crippen molar-refractivity contribution >= 4 is 5.91 Å². The molecular formula is C14H20N2O. The van der Waals surface area contributed by atoms with E-state index in [4.69, 9.17) is 6.42 Å². The molecule has 92 valence electrons. The van der Waals surface area contributed by atoms with Crippen molar-refractivity contribution < 1.29 is 4.79 Å². The molecule has 2 N–H and O–H groups in total. The Morgan fingerprint density at radius 3 is 2.88 bits per heavy atom. The van der Waals surface area contributed by atoms with Gasteiger partial charge in [-0.1, -0.05) is 23.6 Å². The summed E-state index contributed by atoms with van der Waals surface area (Å²) in [6.45, 7) is 5.37. The second-order valence-electron chi connectivity index (χ2n) is 4.37. The van der Waals surface area contributed by atoms with Crippen molar-refractivity contribution in [2.24, 2.45) is 0 Å². The third-order valence-corrected chi connectivity index (χ3v) is 2.76. The number of amides is 1. The number of carbonyl (C=O) groups excluding carboxylic acids is 1. The topological polar surface area (TPSA) is 41.1 Å². The van der Waals surface area contributed by atoms with E-state index in [9.17, 15) is 4.79 Å². The Morgan fingerprint density at radius 1 is 1.53 bits per heavy atom. The molecule has 0 aromatic carbocycles. The summed E-state index contributed by atoms with van der Waals surface area (Å²) in [5, 5.41) is 6.08. The maximum Gasteiger partial charge on any atom is 0.237 e. The molecule has 1 amide bonds. The molecule has 1 fully saturated rings. The van der Waals surface area contributed by atoms with Crippen molar-refractivity contribution in [2.45, 2.75) is 32.7 Å². The Morgan fingerprint density at radius 2 is 2.29 bits per heavy atom. The van der Waals surface area contributed by atoms with Crippen molar-refractivity contribution in [1.82, 2.24) is 10.6 Å². The second kappa shape index (κ2) is 6.93. The van der Waals surface area contributed by atoms with Gasteiger partial charge in [0.1, 0.15) is 0 Å². The van der Waals surface area contributed by atoms with Crippen molar-refractivity contribution in [1.29, 1.82) is 0 Å². The predicted octanol–water partition coefficient (Wildman–Crippen LogP) is 1.38. The van der Waals surface area contributed by atoms with Crippen LogP contribution in [0.15, 0.2) is 23.3 Å². The number of hydrogen-bond donors (Lipinski definition) is 2. The van der Waals surface area contributed by atoms with Crippen LogP contribution in [-0.2, 0) is 4.79 Å². The van der Waals surface area contributed by atoms with Crippen LogP contribution < -0.4 is 10.6 Å². The van der Waals surface area contributed by atoms with E-state index in [1.165, 1.54) is 0 Å². The quantitative estimate of drug-likeness (QED) is 0.568. The molecule has 0 spiro atoms. The van der Waals surface area contributed by atoms with Gasteiger partial charge >= 0.3 is 0 Å². The van der Waals surface area contributed by atoms with Crippen LogP contribution in [0.1, 0.15) is 26.7 Å². The fourth-order valence-corrected chi connectivity index (χ4v) is 1.63. The zero-order valence-corrected chi connectivity index (χ0v) is 10.5. The van der Waals surface area contributed by atoms with Crippen LogP contribution in [0.2, 0.25) is 0 Å². The van der Waals surface area contributed by atoms with Crippen LogP contribution in [0.25, 0.3) is 0 Å². The van der Waals surface area contributed by atoms with E-state index in [1.54, 1.807) is 0 Å². The van der Waals surface area contributed by atoms with E-state index in [1.807, 2.05) is 26.0 Å². The zero-order chi connectivity index (χ0) is 12.7. The Hall–Kier alpha value is -1.53. The lowest BCUT2D eigenvalue weighted by molar-refractivity contribution is -0.122. The highest BCUT2D eigenvalue weighted by Crippen LogP contribution is 2.04. The standard InChI is InChI=1S/C14H20N2O/c1-4-11(2)7-8-12(3)10-16-14(17)13-6-5-9-15-13/h1,7-8,13,15H,5-6,9-10H2,2-3H3,(H,16,17)/b11-7-,12-8+. The van der Waals surface area contributed by atoms with Gasteiger partial charge in [0.15, 0.2) is 0 Å². The SMILES string of the molecule is C#C/C(C)=C\C=C(/C)CNC(=O)C1CCCN1. The molecule has 1 heterocycles. The first-order valence-corrected chi connectivity index (χ1v) is 5.95. The van der Waals surface area contributed by atoms with Crippen molar-refractivity contribution in [2.75, 3.05) is 13.1 Å². The summed E-state index contributed by atoms with van der Waals surface area (Å²) in [6, 6.07) is -0.00853. The van der Waals surface area contributed by atoms with E-state index in [0.717, 1.165) is 30.5 Å². The summed E-state index contributed by atoms with van der Waals surface area (Å²) in [5.74, 6) is 2.64. The van der Waals surface area contributed by atoms with Gasteiger partial charge in [0.05, 0.1) is 6.04 Å². The first kappa shape index (κ1) is 13.5. The predicted molar refractivity (Wildman–Crippen MR) is 70.4 cm³/mol. The van der Waals surface area contributed by atoms with E-state index in [0.29, 0.717) is 6.54 Å². The maximum atomic E-state index is 11.7. The number of carbonyl (C=O) groups is 1. The molecule has 1 unspecified atom stereocenters. The lowest BCUT2D eigenvalue weighted by Crippen LogP contribution is -2.40. The van der Waals surface area contributed by atoms with E-state index < -0.39 is 0 Å². The fraction of sp³-hybridized carbons (Fsp3) is 0.500. The van der Waals surface area contributed by atoms with Crippen LogP contribution >= 0.6 is 0 Å². The van der Waals surface area contributed by atoms with Gasteiger partial charge < -0.3 is 10.6 Å². The minimum absolute atomic E-state index is 0.00853. The van der Waals surface area contributed by atoms with Crippen LogP contribution in [-0.4, -0.2) is 25.0 Å². The van der Waals surface area contributed by atoms with Crippen LogP contribution in [0, 0.1) is 12.3 Å².